The van der Waals surface area contributed by atoms with E-state index < -0.39 is 15.8 Å². The van der Waals surface area contributed by atoms with Crippen LogP contribution in [0.25, 0.3) is 0 Å². The first kappa shape index (κ1) is 16.9. The first-order chi connectivity index (χ1) is 11.3. The average molecular weight is 354 g/mol. The molecule has 2 aromatic rings. The number of piperidine rings is 1. The lowest BCUT2D eigenvalue weighted by Gasteiger charge is -2.32. The first-order valence-corrected chi connectivity index (χ1v) is 9.18. The van der Waals surface area contributed by atoms with Gasteiger partial charge >= 0.3 is 0 Å². The van der Waals surface area contributed by atoms with Gasteiger partial charge in [-0.1, -0.05) is 0 Å². The van der Waals surface area contributed by atoms with Crippen LogP contribution in [0.3, 0.4) is 0 Å². The van der Waals surface area contributed by atoms with E-state index in [9.17, 15) is 17.9 Å². The molecule has 1 saturated heterocycles. The van der Waals surface area contributed by atoms with Gasteiger partial charge in [0.1, 0.15) is 11.6 Å². The fourth-order valence-electron chi connectivity index (χ4n) is 3.15. The Morgan fingerprint density at radius 3 is 2.79 bits per heavy atom. The third kappa shape index (κ3) is 3.95. The van der Waals surface area contributed by atoms with Crippen molar-refractivity contribution in [3.8, 4) is 5.75 Å². The monoisotopic (exact) mass is 354 g/mol. The summed E-state index contributed by atoms with van der Waals surface area (Å²) in [6, 6.07) is 5.55. The molecule has 1 aromatic carbocycles. The Morgan fingerprint density at radius 2 is 2.12 bits per heavy atom. The molecule has 1 unspecified atom stereocenters. The van der Waals surface area contributed by atoms with E-state index in [0.29, 0.717) is 13.1 Å². The largest absolute Gasteiger partial charge is 0.508 e. The maximum atomic E-state index is 13.5. The van der Waals surface area contributed by atoms with Gasteiger partial charge in [-0.3, -0.25) is 4.90 Å². The SMILES string of the molecule is NS(=O)(=O)c1cc(CN2CCCC(c3cc(O)cc(F)c3)C2)co1. The molecule has 6 nitrogen and oxygen atoms in total. The van der Waals surface area contributed by atoms with Crippen LogP contribution >= 0.6 is 0 Å². The number of phenols is 1. The topological polar surface area (TPSA) is 96.8 Å². The molecule has 0 aliphatic carbocycles. The number of halogens is 1. The van der Waals surface area contributed by atoms with E-state index in [1.807, 2.05) is 0 Å². The summed E-state index contributed by atoms with van der Waals surface area (Å²) >= 11 is 0. The third-order valence-corrected chi connectivity index (χ3v) is 4.97. The second-order valence-electron chi connectivity index (χ2n) is 6.14. The molecule has 0 bridgehead atoms. The van der Waals surface area contributed by atoms with E-state index in [1.54, 1.807) is 6.07 Å². The summed E-state index contributed by atoms with van der Waals surface area (Å²) in [4.78, 5) is 2.15. The minimum absolute atomic E-state index is 0.0743. The molecule has 1 atom stereocenters. The van der Waals surface area contributed by atoms with Gasteiger partial charge in [-0.2, -0.15) is 0 Å². The number of nitrogens with zero attached hydrogens (tertiary/aromatic N) is 1. The number of rotatable bonds is 4. The lowest BCUT2D eigenvalue weighted by molar-refractivity contribution is 0.199. The predicted octanol–water partition coefficient (Wildman–Crippen LogP) is 2.15. The quantitative estimate of drug-likeness (QED) is 0.877. The maximum Gasteiger partial charge on any atom is 0.271 e. The lowest BCUT2D eigenvalue weighted by atomic mass is 9.90. The van der Waals surface area contributed by atoms with Crippen molar-refractivity contribution in [2.45, 2.75) is 30.4 Å². The second-order valence-corrected chi connectivity index (χ2v) is 7.63. The molecule has 8 heteroatoms. The van der Waals surface area contributed by atoms with Crippen LogP contribution in [-0.4, -0.2) is 31.5 Å². The Labute approximate surface area is 139 Å². The molecule has 1 aromatic heterocycles. The smallest absolute Gasteiger partial charge is 0.271 e. The highest BCUT2D eigenvalue weighted by Gasteiger charge is 2.23. The highest BCUT2D eigenvalue weighted by Crippen LogP contribution is 2.30. The normalized spacial score (nSPS) is 19.5. The van der Waals surface area contributed by atoms with Crippen molar-refractivity contribution in [2.24, 2.45) is 5.14 Å². The van der Waals surface area contributed by atoms with E-state index in [0.717, 1.165) is 36.6 Å². The zero-order valence-corrected chi connectivity index (χ0v) is 13.8. The van der Waals surface area contributed by atoms with E-state index >= 15 is 0 Å². The molecule has 2 heterocycles. The number of nitrogens with two attached hydrogens (primary N) is 1. The van der Waals surface area contributed by atoms with Gasteiger partial charge in [-0.15, -0.1) is 0 Å². The molecule has 0 radical (unpaired) electrons. The maximum absolute atomic E-state index is 13.5. The van der Waals surface area contributed by atoms with Crippen LogP contribution in [0.15, 0.2) is 40.0 Å². The highest BCUT2D eigenvalue weighted by atomic mass is 32.2. The molecule has 1 aliphatic rings. The average Bonchev–Trinajstić information content (AvgIpc) is 2.95. The van der Waals surface area contributed by atoms with Crippen molar-refractivity contribution in [2.75, 3.05) is 13.1 Å². The fraction of sp³-hybridized carbons (Fsp3) is 0.375. The molecule has 0 saturated carbocycles. The van der Waals surface area contributed by atoms with Crippen molar-refractivity contribution in [1.29, 1.82) is 0 Å². The van der Waals surface area contributed by atoms with Gasteiger partial charge < -0.3 is 9.52 Å². The van der Waals surface area contributed by atoms with Crippen molar-refractivity contribution >= 4 is 10.0 Å². The van der Waals surface area contributed by atoms with Gasteiger partial charge in [0.15, 0.2) is 0 Å². The number of hydrogen-bond acceptors (Lipinski definition) is 5. The summed E-state index contributed by atoms with van der Waals surface area (Å²) in [6.45, 7) is 2.07. The van der Waals surface area contributed by atoms with Crippen LogP contribution in [0.1, 0.15) is 29.9 Å². The fourth-order valence-corrected chi connectivity index (χ4v) is 3.64. The molecular formula is C16H19FN2O4S. The van der Waals surface area contributed by atoms with Crippen LogP contribution in [0.5, 0.6) is 5.75 Å². The van der Waals surface area contributed by atoms with Crippen molar-refractivity contribution < 1.29 is 22.3 Å². The van der Waals surface area contributed by atoms with E-state index in [2.05, 4.69) is 4.90 Å². The Hall–Kier alpha value is -1.90. The second kappa shape index (κ2) is 6.54. The molecule has 1 fully saturated rings. The summed E-state index contributed by atoms with van der Waals surface area (Å²) in [5.74, 6) is -0.408. The molecule has 0 amide bonds. The van der Waals surface area contributed by atoms with Gasteiger partial charge in [-0.05, 0) is 43.0 Å². The first-order valence-electron chi connectivity index (χ1n) is 7.63. The van der Waals surface area contributed by atoms with E-state index in [-0.39, 0.29) is 16.8 Å². The Morgan fingerprint density at radius 1 is 1.33 bits per heavy atom. The number of benzene rings is 1. The van der Waals surface area contributed by atoms with Crippen molar-refractivity contribution in [1.82, 2.24) is 4.90 Å². The molecule has 0 spiro atoms. The number of phenolic OH excluding ortho intramolecular Hbond substituents is 1. The van der Waals surface area contributed by atoms with Gasteiger partial charge in [0.2, 0.25) is 5.09 Å². The standard InChI is InChI=1S/C16H19FN2O4S/c17-14-5-13(6-15(20)7-14)12-2-1-3-19(9-12)8-11-4-16(23-10-11)24(18,21)22/h4-7,10,12,20H,1-3,8-9H2,(H2,18,21,22). The summed E-state index contributed by atoms with van der Waals surface area (Å²) in [7, 11) is -3.84. The zero-order valence-electron chi connectivity index (χ0n) is 13.0. The third-order valence-electron chi connectivity index (χ3n) is 4.20. The molecule has 1 aliphatic heterocycles. The number of sulfonamides is 1. The van der Waals surface area contributed by atoms with E-state index in [1.165, 1.54) is 18.4 Å². The molecule has 3 rings (SSSR count). The number of hydrogen-bond donors (Lipinski definition) is 2. The predicted molar refractivity (Wildman–Crippen MR) is 85.4 cm³/mol. The van der Waals surface area contributed by atoms with Crippen LogP contribution in [-0.2, 0) is 16.6 Å². The molecule has 24 heavy (non-hydrogen) atoms. The van der Waals surface area contributed by atoms with Crippen LogP contribution in [0, 0.1) is 5.82 Å². The number of furan rings is 1. The van der Waals surface area contributed by atoms with Crippen LogP contribution in [0.4, 0.5) is 4.39 Å². The molecular weight excluding hydrogens is 335 g/mol. The van der Waals surface area contributed by atoms with Crippen LogP contribution in [0.2, 0.25) is 0 Å². The molecule has 130 valence electrons. The molecule has 3 N–H and O–H groups in total. The Bertz CT molecular complexity index is 814. The number of primary sulfonamides is 1. The Balaban J connectivity index is 1.70. The number of aromatic hydroxyl groups is 1. The summed E-state index contributed by atoms with van der Waals surface area (Å²) < 4.78 is 41.0. The Kier molecular flexibility index (Phi) is 4.62. The minimum Gasteiger partial charge on any atom is -0.508 e. The minimum atomic E-state index is -3.84. The lowest BCUT2D eigenvalue weighted by Crippen LogP contribution is -2.33. The zero-order chi connectivity index (χ0) is 17.3. The highest BCUT2D eigenvalue weighted by molar-refractivity contribution is 7.89. The van der Waals surface area contributed by atoms with Crippen molar-refractivity contribution in [3.63, 3.8) is 0 Å². The van der Waals surface area contributed by atoms with E-state index in [4.69, 9.17) is 9.56 Å². The van der Waals surface area contributed by atoms with Gasteiger partial charge in [0.25, 0.3) is 10.0 Å². The van der Waals surface area contributed by atoms with Crippen molar-refractivity contribution in [3.05, 3.63) is 47.5 Å². The summed E-state index contributed by atoms with van der Waals surface area (Å²) in [5.41, 5.74) is 1.50. The number of likely N-dealkylation sites (tertiary alicyclic amines) is 1. The van der Waals surface area contributed by atoms with Gasteiger partial charge in [0, 0.05) is 30.8 Å². The summed E-state index contributed by atoms with van der Waals surface area (Å²) in [6.07, 6.45) is 3.23. The van der Waals surface area contributed by atoms with Gasteiger partial charge in [0.05, 0.1) is 6.26 Å². The van der Waals surface area contributed by atoms with Gasteiger partial charge in [-0.25, -0.2) is 17.9 Å². The van der Waals surface area contributed by atoms with Crippen LogP contribution < -0.4 is 5.14 Å². The summed E-state index contributed by atoms with van der Waals surface area (Å²) in [5, 5.41) is 14.4.